The number of halogens is 1. The van der Waals surface area contributed by atoms with E-state index >= 15 is 0 Å². The van der Waals surface area contributed by atoms with Crippen LogP contribution in [0.3, 0.4) is 0 Å². The fourth-order valence-corrected chi connectivity index (χ4v) is 2.53. The van der Waals surface area contributed by atoms with E-state index in [0.717, 1.165) is 5.56 Å². The predicted molar refractivity (Wildman–Crippen MR) is 105 cm³/mol. The lowest BCUT2D eigenvalue weighted by Crippen LogP contribution is -2.43. The molecule has 0 radical (unpaired) electrons. The van der Waals surface area contributed by atoms with Gasteiger partial charge in [-0.3, -0.25) is 14.9 Å². The van der Waals surface area contributed by atoms with Crippen LogP contribution in [0.2, 0.25) is 0 Å². The van der Waals surface area contributed by atoms with Crippen LogP contribution in [0.15, 0.2) is 61.2 Å². The number of carbonyl (C=O) groups is 2. The van der Waals surface area contributed by atoms with E-state index in [1.165, 1.54) is 24.3 Å². The molecule has 0 saturated heterocycles. The van der Waals surface area contributed by atoms with Gasteiger partial charge < -0.3 is 10.6 Å². The van der Waals surface area contributed by atoms with E-state index in [0.29, 0.717) is 17.8 Å². The maximum Gasteiger partial charge on any atom is 0.255 e. The summed E-state index contributed by atoms with van der Waals surface area (Å²) in [5.74, 6) is -0.781. The van der Waals surface area contributed by atoms with E-state index in [1.807, 2.05) is 19.1 Å². The van der Waals surface area contributed by atoms with E-state index < -0.39 is 0 Å². The molecule has 6 heteroatoms. The van der Waals surface area contributed by atoms with Crippen LogP contribution in [0, 0.1) is 5.82 Å². The summed E-state index contributed by atoms with van der Waals surface area (Å²) in [4.78, 5) is 24.1. The first-order chi connectivity index (χ1) is 12.9. The normalized spacial score (nSPS) is 12.7. The van der Waals surface area contributed by atoms with Gasteiger partial charge in [-0.2, -0.15) is 0 Å². The SMILES string of the molecule is C=CCNC(=O)[C@@H](C)N[C@@H](C)c1ccc(NC(=O)c2ccc(F)cc2)cc1. The Morgan fingerprint density at radius 3 is 2.30 bits per heavy atom. The van der Waals surface area contributed by atoms with E-state index in [9.17, 15) is 14.0 Å². The molecule has 5 nitrogen and oxygen atoms in total. The minimum absolute atomic E-state index is 0.0451. The Morgan fingerprint density at radius 1 is 1.07 bits per heavy atom. The minimum Gasteiger partial charge on any atom is -0.351 e. The summed E-state index contributed by atoms with van der Waals surface area (Å²) in [5.41, 5.74) is 2.00. The van der Waals surface area contributed by atoms with Crippen molar-refractivity contribution >= 4 is 17.5 Å². The second kappa shape index (κ2) is 9.64. The van der Waals surface area contributed by atoms with Gasteiger partial charge in [-0.15, -0.1) is 6.58 Å². The molecule has 0 unspecified atom stereocenters. The molecule has 0 aromatic heterocycles. The largest absolute Gasteiger partial charge is 0.351 e. The lowest BCUT2D eigenvalue weighted by molar-refractivity contribution is -0.122. The summed E-state index contributed by atoms with van der Waals surface area (Å²) in [6.07, 6.45) is 1.63. The van der Waals surface area contributed by atoms with Crippen molar-refractivity contribution in [3.63, 3.8) is 0 Å². The van der Waals surface area contributed by atoms with Crippen LogP contribution in [-0.4, -0.2) is 24.4 Å². The third-order valence-electron chi connectivity index (χ3n) is 4.09. The number of carbonyl (C=O) groups excluding carboxylic acids is 2. The highest BCUT2D eigenvalue weighted by atomic mass is 19.1. The molecule has 142 valence electrons. The van der Waals surface area contributed by atoms with Gasteiger partial charge in [0.1, 0.15) is 5.82 Å². The molecule has 3 N–H and O–H groups in total. The molecular weight excluding hydrogens is 345 g/mol. The maximum absolute atomic E-state index is 12.9. The summed E-state index contributed by atoms with van der Waals surface area (Å²) in [6, 6.07) is 12.3. The Hall–Kier alpha value is -2.99. The van der Waals surface area contributed by atoms with Crippen LogP contribution in [0.4, 0.5) is 10.1 Å². The van der Waals surface area contributed by atoms with Crippen molar-refractivity contribution < 1.29 is 14.0 Å². The van der Waals surface area contributed by atoms with Crippen molar-refractivity contribution in [2.75, 3.05) is 11.9 Å². The molecule has 2 rings (SSSR count). The molecule has 0 bridgehead atoms. The lowest BCUT2D eigenvalue weighted by Gasteiger charge is -2.20. The quantitative estimate of drug-likeness (QED) is 0.625. The van der Waals surface area contributed by atoms with Gasteiger partial charge >= 0.3 is 0 Å². The minimum atomic E-state index is -0.384. The van der Waals surface area contributed by atoms with Crippen molar-refractivity contribution in [3.05, 3.63) is 78.1 Å². The Bertz CT molecular complexity index is 788. The monoisotopic (exact) mass is 369 g/mol. The Kier molecular flexibility index (Phi) is 7.25. The number of amides is 2. The number of hydrogen-bond donors (Lipinski definition) is 3. The summed E-state index contributed by atoms with van der Waals surface area (Å²) in [7, 11) is 0. The van der Waals surface area contributed by atoms with Crippen LogP contribution in [-0.2, 0) is 4.79 Å². The van der Waals surface area contributed by atoms with Crippen molar-refractivity contribution in [1.82, 2.24) is 10.6 Å². The number of benzene rings is 2. The molecule has 2 aromatic carbocycles. The zero-order chi connectivity index (χ0) is 19.8. The first kappa shape index (κ1) is 20.3. The summed E-state index contributed by atoms with van der Waals surface area (Å²) < 4.78 is 12.9. The maximum atomic E-state index is 12.9. The average molecular weight is 369 g/mol. The van der Waals surface area contributed by atoms with Crippen LogP contribution < -0.4 is 16.0 Å². The van der Waals surface area contributed by atoms with Gasteiger partial charge in [0, 0.05) is 23.8 Å². The van der Waals surface area contributed by atoms with Crippen LogP contribution in [0.5, 0.6) is 0 Å². The second-order valence-corrected chi connectivity index (χ2v) is 6.23. The molecule has 0 spiro atoms. The highest BCUT2D eigenvalue weighted by Crippen LogP contribution is 2.17. The molecule has 2 atom stereocenters. The van der Waals surface area contributed by atoms with Gasteiger partial charge in [0.15, 0.2) is 0 Å². The highest BCUT2D eigenvalue weighted by Gasteiger charge is 2.15. The standard InChI is InChI=1S/C21H24FN3O2/c1-4-13-23-20(26)15(3)24-14(2)16-7-11-19(12-8-16)25-21(27)17-5-9-18(22)10-6-17/h4-12,14-15,24H,1,13H2,2-3H3,(H,23,26)(H,25,27)/t14-,15+/m0/s1. The zero-order valence-corrected chi connectivity index (χ0v) is 15.5. The topological polar surface area (TPSA) is 70.2 Å². The molecule has 0 aliphatic rings. The first-order valence-electron chi connectivity index (χ1n) is 8.72. The van der Waals surface area contributed by atoms with Gasteiger partial charge in [-0.1, -0.05) is 18.2 Å². The highest BCUT2D eigenvalue weighted by molar-refractivity contribution is 6.04. The summed E-state index contributed by atoms with van der Waals surface area (Å²) >= 11 is 0. The molecule has 0 aliphatic heterocycles. The predicted octanol–water partition coefficient (Wildman–Crippen LogP) is 3.42. The molecule has 2 amide bonds. The van der Waals surface area contributed by atoms with Crippen molar-refractivity contribution in [2.45, 2.75) is 25.9 Å². The molecule has 0 heterocycles. The Labute approximate surface area is 158 Å². The average Bonchev–Trinajstić information content (AvgIpc) is 2.66. The van der Waals surface area contributed by atoms with Crippen LogP contribution in [0.1, 0.15) is 35.8 Å². The molecule has 0 aliphatic carbocycles. The fraction of sp³-hybridized carbons (Fsp3) is 0.238. The lowest BCUT2D eigenvalue weighted by atomic mass is 10.1. The number of nitrogens with one attached hydrogen (secondary N) is 3. The van der Waals surface area contributed by atoms with Crippen molar-refractivity contribution in [2.24, 2.45) is 0 Å². The van der Waals surface area contributed by atoms with E-state index in [4.69, 9.17) is 0 Å². The molecule has 27 heavy (non-hydrogen) atoms. The van der Waals surface area contributed by atoms with Crippen molar-refractivity contribution in [1.29, 1.82) is 0 Å². The van der Waals surface area contributed by atoms with Crippen LogP contribution >= 0.6 is 0 Å². The summed E-state index contributed by atoms with van der Waals surface area (Å²) in [5, 5.41) is 8.75. The van der Waals surface area contributed by atoms with E-state index in [1.54, 1.807) is 25.1 Å². The van der Waals surface area contributed by atoms with Gasteiger partial charge in [-0.05, 0) is 55.8 Å². The molecule has 0 saturated carbocycles. The second-order valence-electron chi connectivity index (χ2n) is 6.23. The van der Waals surface area contributed by atoms with Gasteiger partial charge in [0.2, 0.25) is 5.91 Å². The summed E-state index contributed by atoms with van der Waals surface area (Å²) in [6.45, 7) is 7.76. The fourth-order valence-electron chi connectivity index (χ4n) is 2.53. The van der Waals surface area contributed by atoms with Gasteiger partial charge in [0.05, 0.1) is 6.04 Å². The number of hydrogen-bond acceptors (Lipinski definition) is 3. The van der Waals surface area contributed by atoms with Gasteiger partial charge in [-0.25, -0.2) is 4.39 Å². The third kappa shape index (κ3) is 6.04. The van der Waals surface area contributed by atoms with Crippen LogP contribution in [0.25, 0.3) is 0 Å². The molecule has 0 fully saturated rings. The smallest absolute Gasteiger partial charge is 0.255 e. The van der Waals surface area contributed by atoms with Crippen molar-refractivity contribution in [3.8, 4) is 0 Å². The molecular formula is C21H24FN3O2. The first-order valence-corrected chi connectivity index (χ1v) is 8.72. The van der Waals surface area contributed by atoms with E-state index in [-0.39, 0.29) is 29.7 Å². The van der Waals surface area contributed by atoms with E-state index in [2.05, 4.69) is 22.5 Å². The third-order valence-corrected chi connectivity index (χ3v) is 4.09. The van der Waals surface area contributed by atoms with Gasteiger partial charge in [0.25, 0.3) is 5.91 Å². The molecule has 2 aromatic rings. The number of anilines is 1. The zero-order valence-electron chi connectivity index (χ0n) is 15.5. The Balaban J connectivity index is 1.93. The number of rotatable bonds is 8. The Morgan fingerprint density at radius 2 is 1.70 bits per heavy atom.